The van der Waals surface area contributed by atoms with E-state index in [1.807, 2.05) is 18.2 Å². The molecule has 0 fully saturated rings. The van der Waals surface area contributed by atoms with Gasteiger partial charge in [-0.2, -0.15) is 5.10 Å². The number of amides is 1. The second-order valence-electron chi connectivity index (χ2n) is 7.24. The van der Waals surface area contributed by atoms with E-state index in [1.165, 1.54) is 17.1 Å². The van der Waals surface area contributed by atoms with Crippen LogP contribution in [0.25, 0.3) is 11.0 Å². The summed E-state index contributed by atoms with van der Waals surface area (Å²) in [4.78, 5) is 29.4. The highest BCUT2D eigenvalue weighted by molar-refractivity contribution is 6.30. The number of hydrogen-bond acceptors (Lipinski definition) is 6. The fourth-order valence-corrected chi connectivity index (χ4v) is 3.60. The van der Waals surface area contributed by atoms with Crippen LogP contribution >= 0.6 is 11.6 Å². The van der Waals surface area contributed by atoms with E-state index in [4.69, 9.17) is 16.1 Å². The molecule has 0 saturated carbocycles. The van der Waals surface area contributed by atoms with E-state index in [-0.39, 0.29) is 17.9 Å². The number of carbonyl (C=O) groups excluding carboxylic acids is 1. The molecule has 3 aromatic heterocycles. The van der Waals surface area contributed by atoms with Crippen LogP contribution in [0.5, 0.6) is 0 Å². The molecule has 0 aliphatic heterocycles. The number of fused-ring (bicyclic) bond motifs is 1. The van der Waals surface area contributed by atoms with Gasteiger partial charge in [-0.15, -0.1) is 0 Å². The summed E-state index contributed by atoms with van der Waals surface area (Å²) in [5, 5.41) is 12.0. The molecular formula is C21H21ClN6O3. The maximum Gasteiger partial charge on any atom is 0.264 e. The third-order valence-electron chi connectivity index (χ3n) is 5.03. The quantitative estimate of drug-likeness (QED) is 0.472. The summed E-state index contributed by atoms with van der Waals surface area (Å²) in [5.74, 6) is 0.506. The Morgan fingerprint density at radius 3 is 2.87 bits per heavy atom. The summed E-state index contributed by atoms with van der Waals surface area (Å²) in [5.41, 5.74) is 2.71. The molecule has 1 aromatic carbocycles. The number of aryl methyl sites for hydroxylation is 2. The second-order valence-corrected chi connectivity index (χ2v) is 7.68. The van der Waals surface area contributed by atoms with Gasteiger partial charge in [0.05, 0.1) is 31.4 Å². The molecule has 9 nitrogen and oxygen atoms in total. The largest absolute Gasteiger partial charge is 0.361 e. The molecule has 0 saturated heterocycles. The Morgan fingerprint density at radius 2 is 2.13 bits per heavy atom. The van der Waals surface area contributed by atoms with Gasteiger partial charge in [0.25, 0.3) is 5.56 Å². The normalized spacial score (nSPS) is 11.2. The molecule has 3 heterocycles. The minimum Gasteiger partial charge on any atom is -0.361 e. The van der Waals surface area contributed by atoms with Crippen molar-refractivity contribution < 1.29 is 9.32 Å². The van der Waals surface area contributed by atoms with E-state index in [2.05, 4.69) is 20.6 Å². The molecule has 0 aliphatic rings. The maximum atomic E-state index is 12.8. The Labute approximate surface area is 182 Å². The molecule has 0 radical (unpaired) electrons. The van der Waals surface area contributed by atoms with Gasteiger partial charge >= 0.3 is 0 Å². The number of rotatable bonds is 7. The third kappa shape index (κ3) is 4.51. The predicted octanol–water partition coefficient (Wildman–Crippen LogP) is 2.26. The Balaban J connectivity index is 1.42. The SMILES string of the molecule is Cc1noc(C)c1CC(=O)NCCn1ncc2c(=O)n(Cc3cccc(Cl)c3)cnc21. The highest BCUT2D eigenvalue weighted by Gasteiger charge is 2.14. The molecule has 10 heteroatoms. The molecule has 4 rings (SSSR count). The molecule has 0 atom stereocenters. The van der Waals surface area contributed by atoms with E-state index in [9.17, 15) is 9.59 Å². The monoisotopic (exact) mass is 440 g/mol. The zero-order chi connectivity index (χ0) is 22.0. The van der Waals surface area contributed by atoms with Crippen LogP contribution in [0.2, 0.25) is 5.02 Å². The van der Waals surface area contributed by atoms with Crippen molar-refractivity contribution in [3.8, 4) is 0 Å². The fourth-order valence-electron chi connectivity index (χ4n) is 3.38. The van der Waals surface area contributed by atoms with E-state index in [0.29, 0.717) is 47.1 Å². The first-order valence-electron chi connectivity index (χ1n) is 9.76. The van der Waals surface area contributed by atoms with Crippen molar-refractivity contribution in [2.24, 2.45) is 0 Å². The lowest BCUT2D eigenvalue weighted by atomic mass is 10.1. The number of hydrogen-bond donors (Lipinski definition) is 1. The molecule has 0 aliphatic carbocycles. The molecular weight excluding hydrogens is 420 g/mol. The summed E-state index contributed by atoms with van der Waals surface area (Å²) in [7, 11) is 0. The third-order valence-corrected chi connectivity index (χ3v) is 5.26. The van der Waals surface area contributed by atoms with Crippen molar-refractivity contribution in [2.75, 3.05) is 6.54 Å². The topological polar surface area (TPSA) is 108 Å². The zero-order valence-corrected chi connectivity index (χ0v) is 17.9. The average molecular weight is 441 g/mol. The molecule has 4 aromatic rings. The summed E-state index contributed by atoms with van der Waals surface area (Å²) >= 11 is 6.02. The first-order valence-corrected chi connectivity index (χ1v) is 10.1. The van der Waals surface area contributed by atoms with Crippen LogP contribution in [-0.2, 0) is 24.3 Å². The van der Waals surface area contributed by atoms with Crippen molar-refractivity contribution in [3.05, 3.63) is 74.7 Å². The van der Waals surface area contributed by atoms with E-state index < -0.39 is 0 Å². The van der Waals surface area contributed by atoms with Crippen LogP contribution in [0, 0.1) is 13.8 Å². The molecule has 160 valence electrons. The number of benzene rings is 1. The van der Waals surface area contributed by atoms with Crippen LogP contribution in [0.1, 0.15) is 22.6 Å². The lowest BCUT2D eigenvalue weighted by Crippen LogP contribution is -2.29. The first kappa shape index (κ1) is 20.8. The number of nitrogens with one attached hydrogen (secondary N) is 1. The van der Waals surface area contributed by atoms with Gasteiger partial charge in [0, 0.05) is 17.1 Å². The van der Waals surface area contributed by atoms with Crippen molar-refractivity contribution >= 4 is 28.5 Å². The number of nitrogens with zero attached hydrogens (tertiary/aromatic N) is 5. The lowest BCUT2D eigenvalue weighted by Gasteiger charge is -2.08. The fraction of sp³-hybridized carbons (Fsp3) is 0.286. The smallest absolute Gasteiger partial charge is 0.264 e. The molecule has 0 spiro atoms. The summed E-state index contributed by atoms with van der Waals surface area (Å²) in [6.45, 7) is 4.70. The number of carbonyl (C=O) groups is 1. The van der Waals surface area contributed by atoms with Crippen LogP contribution in [0.3, 0.4) is 0 Å². The van der Waals surface area contributed by atoms with Crippen LogP contribution in [0.4, 0.5) is 0 Å². The molecule has 1 amide bonds. The number of halogens is 1. The summed E-state index contributed by atoms with van der Waals surface area (Å²) in [6, 6.07) is 7.34. The number of aromatic nitrogens is 5. The minimum atomic E-state index is -0.182. The highest BCUT2D eigenvalue weighted by atomic mass is 35.5. The van der Waals surface area contributed by atoms with Crippen molar-refractivity contribution in [1.29, 1.82) is 0 Å². The van der Waals surface area contributed by atoms with Crippen LogP contribution in [0.15, 0.2) is 46.1 Å². The molecule has 0 bridgehead atoms. The summed E-state index contributed by atoms with van der Waals surface area (Å²) in [6.07, 6.45) is 3.21. The van der Waals surface area contributed by atoms with Gasteiger partial charge in [0.1, 0.15) is 17.5 Å². The van der Waals surface area contributed by atoms with Gasteiger partial charge in [0.2, 0.25) is 5.91 Å². The van der Waals surface area contributed by atoms with Crippen LogP contribution < -0.4 is 10.9 Å². The Morgan fingerprint density at radius 1 is 1.29 bits per heavy atom. The zero-order valence-electron chi connectivity index (χ0n) is 17.1. The van der Waals surface area contributed by atoms with Gasteiger partial charge in [0.15, 0.2) is 5.65 Å². The van der Waals surface area contributed by atoms with Gasteiger partial charge in [-0.05, 0) is 31.5 Å². The van der Waals surface area contributed by atoms with E-state index in [1.54, 1.807) is 24.6 Å². The second kappa shape index (κ2) is 8.73. The Hall–Kier alpha value is -3.46. The lowest BCUT2D eigenvalue weighted by molar-refractivity contribution is -0.120. The van der Waals surface area contributed by atoms with Crippen molar-refractivity contribution in [2.45, 2.75) is 33.4 Å². The van der Waals surface area contributed by atoms with E-state index in [0.717, 1.165) is 11.1 Å². The molecule has 0 unspecified atom stereocenters. The van der Waals surface area contributed by atoms with Crippen molar-refractivity contribution in [1.82, 2.24) is 29.8 Å². The van der Waals surface area contributed by atoms with Crippen molar-refractivity contribution in [3.63, 3.8) is 0 Å². The minimum absolute atomic E-state index is 0.136. The standard InChI is InChI=1S/C21H21ClN6O3/c1-13-17(14(2)31-26-13)9-19(29)23-6-7-28-20-18(10-25-28)21(30)27(12-24-20)11-15-4-3-5-16(22)8-15/h3-5,8,10,12H,6-7,9,11H2,1-2H3,(H,23,29). The Kier molecular flexibility index (Phi) is 5.85. The van der Waals surface area contributed by atoms with Gasteiger partial charge in [-0.3, -0.25) is 14.2 Å². The van der Waals surface area contributed by atoms with Gasteiger partial charge < -0.3 is 9.84 Å². The summed E-state index contributed by atoms with van der Waals surface area (Å²) < 4.78 is 8.21. The molecule has 31 heavy (non-hydrogen) atoms. The average Bonchev–Trinajstić information content (AvgIpc) is 3.29. The van der Waals surface area contributed by atoms with Crippen LogP contribution in [-0.4, -0.2) is 36.9 Å². The molecule has 1 N–H and O–H groups in total. The van der Waals surface area contributed by atoms with Gasteiger partial charge in [-0.1, -0.05) is 28.9 Å². The van der Waals surface area contributed by atoms with E-state index >= 15 is 0 Å². The van der Waals surface area contributed by atoms with Gasteiger partial charge in [-0.25, -0.2) is 9.67 Å². The predicted molar refractivity (Wildman–Crippen MR) is 115 cm³/mol. The Bertz CT molecular complexity index is 1290. The maximum absolute atomic E-state index is 12.8. The first-order chi connectivity index (χ1) is 14.9. The highest BCUT2D eigenvalue weighted by Crippen LogP contribution is 2.13.